The minimum Gasteiger partial charge on any atom is -0.477 e. The molecule has 0 radical (unpaired) electrons. The van der Waals surface area contributed by atoms with Gasteiger partial charge in [0, 0.05) is 5.39 Å². The third-order valence-corrected chi connectivity index (χ3v) is 5.00. The molecule has 24 heavy (non-hydrogen) atoms. The number of fused-ring (bicyclic) bond motifs is 1. The predicted molar refractivity (Wildman–Crippen MR) is 88.5 cm³/mol. The minimum atomic E-state index is -1.19. The summed E-state index contributed by atoms with van der Waals surface area (Å²) in [6, 6.07) is 5.63. The van der Waals surface area contributed by atoms with Gasteiger partial charge in [-0.3, -0.25) is 0 Å². The Morgan fingerprint density at radius 1 is 0.958 bits per heavy atom. The molecule has 5 heteroatoms. The number of aromatic carboxylic acids is 2. The number of carbonyl (C=O) groups is 2. The van der Waals surface area contributed by atoms with Gasteiger partial charge < -0.3 is 10.2 Å². The minimum absolute atomic E-state index is 0.127. The van der Waals surface area contributed by atoms with Crippen LogP contribution in [0.2, 0.25) is 0 Å². The van der Waals surface area contributed by atoms with Gasteiger partial charge in [-0.05, 0) is 72.9 Å². The molecule has 0 spiro atoms. The molecule has 5 nitrogen and oxygen atoms in total. The molecule has 0 amide bonds. The van der Waals surface area contributed by atoms with Crippen LogP contribution < -0.4 is 0 Å². The number of carboxylic acids is 2. The Balaban J connectivity index is 1.96. The molecule has 0 atom stereocenters. The van der Waals surface area contributed by atoms with Crippen LogP contribution in [0.25, 0.3) is 10.8 Å². The number of benzene rings is 1. The highest BCUT2D eigenvalue weighted by Gasteiger charge is 2.27. The molecular formula is C19H19NO4. The van der Waals surface area contributed by atoms with Crippen LogP contribution in [0.1, 0.15) is 57.8 Å². The van der Waals surface area contributed by atoms with Gasteiger partial charge >= 0.3 is 11.9 Å². The number of carboxylic acid groups (broad SMARTS) is 2. The third kappa shape index (κ3) is 2.86. The Labute approximate surface area is 139 Å². The fourth-order valence-corrected chi connectivity index (χ4v) is 3.38. The van der Waals surface area contributed by atoms with E-state index in [-0.39, 0.29) is 11.4 Å². The molecule has 2 aliphatic rings. The fraction of sp³-hybridized carbons (Fsp3) is 0.421. The van der Waals surface area contributed by atoms with Crippen molar-refractivity contribution >= 4 is 22.7 Å². The van der Waals surface area contributed by atoms with Crippen molar-refractivity contribution in [2.45, 2.75) is 38.5 Å². The Hall–Kier alpha value is -2.43. The van der Waals surface area contributed by atoms with Crippen LogP contribution in [-0.2, 0) is 12.8 Å². The Morgan fingerprint density at radius 3 is 2.08 bits per heavy atom. The van der Waals surface area contributed by atoms with Gasteiger partial charge in [-0.1, -0.05) is 12.1 Å². The van der Waals surface area contributed by atoms with Crippen LogP contribution in [0.4, 0.5) is 0 Å². The van der Waals surface area contributed by atoms with E-state index in [1.807, 2.05) is 6.07 Å². The van der Waals surface area contributed by atoms with E-state index in [1.54, 1.807) is 6.07 Å². The third-order valence-electron chi connectivity index (χ3n) is 5.00. The van der Waals surface area contributed by atoms with Gasteiger partial charge in [-0.2, -0.15) is 0 Å². The van der Waals surface area contributed by atoms with Crippen LogP contribution in [0, 0.1) is 11.8 Å². The van der Waals surface area contributed by atoms with Crippen molar-refractivity contribution in [2.24, 2.45) is 11.8 Å². The quantitative estimate of drug-likeness (QED) is 0.848. The maximum Gasteiger partial charge on any atom is 0.355 e. The molecule has 2 aliphatic carbocycles. The van der Waals surface area contributed by atoms with E-state index in [0.29, 0.717) is 17.2 Å². The van der Waals surface area contributed by atoms with E-state index in [1.165, 1.54) is 25.7 Å². The van der Waals surface area contributed by atoms with Gasteiger partial charge in [0.15, 0.2) is 5.69 Å². The van der Waals surface area contributed by atoms with Gasteiger partial charge in [0.1, 0.15) is 5.69 Å². The summed E-state index contributed by atoms with van der Waals surface area (Å²) >= 11 is 0. The van der Waals surface area contributed by atoms with E-state index < -0.39 is 11.9 Å². The summed E-state index contributed by atoms with van der Waals surface area (Å²) in [5.41, 5.74) is 1.70. The highest BCUT2D eigenvalue weighted by atomic mass is 16.4. The molecule has 2 aromatic rings. The van der Waals surface area contributed by atoms with Crippen molar-refractivity contribution in [2.75, 3.05) is 0 Å². The van der Waals surface area contributed by atoms with Crippen molar-refractivity contribution in [3.63, 3.8) is 0 Å². The lowest BCUT2D eigenvalue weighted by Gasteiger charge is -2.14. The fourth-order valence-electron chi connectivity index (χ4n) is 3.38. The number of hydrogen-bond donors (Lipinski definition) is 2. The Bertz CT molecular complexity index is 850. The number of rotatable bonds is 6. The summed E-state index contributed by atoms with van der Waals surface area (Å²) in [5.74, 6) is -1.10. The lowest BCUT2D eigenvalue weighted by Crippen LogP contribution is -2.10. The first-order valence-electron chi connectivity index (χ1n) is 8.45. The average Bonchev–Trinajstić information content (AvgIpc) is 3.44. The lowest BCUT2D eigenvalue weighted by molar-refractivity contribution is 0.0687. The van der Waals surface area contributed by atoms with Gasteiger partial charge in [-0.15, -0.1) is 0 Å². The summed E-state index contributed by atoms with van der Waals surface area (Å²) < 4.78 is 0. The second-order valence-electron chi connectivity index (χ2n) is 7.07. The van der Waals surface area contributed by atoms with E-state index in [4.69, 9.17) is 0 Å². The maximum absolute atomic E-state index is 11.7. The zero-order valence-electron chi connectivity index (χ0n) is 13.3. The second-order valence-corrected chi connectivity index (χ2v) is 7.07. The molecule has 2 saturated carbocycles. The summed E-state index contributed by atoms with van der Waals surface area (Å²) in [6.07, 6.45) is 6.45. The summed E-state index contributed by atoms with van der Waals surface area (Å²) in [6.45, 7) is 0. The van der Waals surface area contributed by atoms with Crippen molar-refractivity contribution in [1.82, 2.24) is 4.98 Å². The SMILES string of the molecule is O=C(O)c1cc2c(CC3CC3)ccc(CC3CC3)c2c(C(=O)O)n1. The molecule has 1 aromatic carbocycles. The van der Waals surface area contributed by atoms with Crippen LogP contribution in [0.15, 0.2) is 18.2 Å². The first-order valence-corrected chi connectivity index (χ1v) is 8.45. The van der Waals surface area contributed by atoms with Gasteiger partial charge in [0.25, 0.3) is 0 Å². The van der Waals surface area contributed by atoms with Crippen molar-refractivity contribution in [3.05, 3.63) is 40.7 Å². The first kappa shape index (κ1) is 15.1. The lowest BCUT2D eigenvalue weighted by atomic mass is 9.92. The monoisotopic (exact) mass is 325 g/mol. The number of nitrogens with zero attached hydrogens (tertiary/aromatic N) is 1. The van der Waals surface area contributed by atoms with Crippen molar-refractivity contribution in [1.29, 1.82) is 0 Å². The van der Waals surface area contributed by atoms with Crippen molar-refractivity contribution in [3.8, 4) is 0 Å². The number of pyridine rings is 1. The summed E-state index contributed by atoms with van der Waals surface area (Å²) in [5, 5.41) is 20.3. The topological polar surface area (TPSA) is 87.5 Å². The maximum atomic E-state index is 11.7. The van der Waals surface area contributed by atoms with E-state index in [0.717, 1.165) is 29.4 Å². The molecule has 0 bridgehead atoms. The van der Waals surface area contributed by atoms with Crippen LogP contribution >= 0.6 is 0 Å². The van der Waals surface area contributed by atoms with E-state index >= 15 is 0 Å². The molecule has 124 valence electrons. The largest absolute Gasteiger partial charge is 0.477 e. The number of aromatic nitrogens is 1. The average molecular weight is 325 g/mol. The van der Waals surface area contributed by atoms with Gasteiger partial charge in [0.05, 0.1) is 0 Å². The van der Waals surface area contributed by atoms with Crippen LogP contribution in [0.5, 0.6) is 0 Å². The normalized spacial score (nSPS) is 17.2. The van der Waals surface area contributed by atoms with Gasteiger partial charge in [-0.25, -0.2) is 14.6 Å². The zero-order valence-corrected chi connectivity index (χ0v) is 13.3. The first-order chi connectivity index (χ1) is 11.5. The smallest absolute Gasteiger partial charge is 0.355 e. The number of hydrogen-bond acceptors (Lipinski definition) is 3. The highest BCUT2D eigenvalue weighted by Crippen LogP contribution is 2.39. The molecule has 4 rings (SSSR count). The summed E-state index contributed by atoms with van der Waals surface area (Å²) in [4.78, 5) is 27.0. The molecule has 0 aliphatic heterocycles. The van der Waals surface area contributed by atoms with Crippen molar-refractivity contribution < 1.29 is 19.8 Å². The molecule has 2 fully saturated rings. The molecular weight excluding hydrogens is 306 g/mol. The van der Waals surface area contributed by atoms with E-state index in [9.17, 15) is 19.8 Å². The molecule has 0 unspecified atom stereocenters. The molecule has 0 saturated heterocycles. The molecule has 2 N–H and O–H groups in total. The predicted octanol–water partition coefficient (Wildman–Crippen LogP) is 3.54. The zero-order chi connectivity index (χ0) is 16.8. The van der Waals surface area contributed by atoms with Crippen LogP contribution in [0.3, 0.4) is 0 Å². The second kappa shape index (κ2) is 5.58. The highest BCUT2D eigenvalue weighted by molar-refractivity contribution is 6.06. The van der Waals surface area contributed by atoms with E-state index in [2.05, 4.69) is 11.1 Å². The Morgan fingerprint density at radius 2 is 1.54 bits per heavy atom. The standard InChI is InChI=1S/C19H19NO4/c21-18(22)15-9-14-12(7-10-1-2-10)5-6-13(8-11-3-4-11)16(14)17(20-15)19(23)24/h5-6,9-11H,1-4,7-8H2,(H,21,22)(H,23,24). The molecule has 1 aromatic heterocycles. The summed E-state index contributed by atoms with van der Waals surface area (Å²) in [7, 11) is 0. The molecule has 1 heterocycles. The van der Waals surface area contributed by atoms with Crippen LogP contribution in [-0.4, -0.2) is 27.1 Å². The Kier molecular flexibility index (Phi) is 3.52. The van der Waals surface area contributed by atoms with Gasteiger partial charge in [0.2, 0.25) is 0 Å².